The smallest absolute Gasteiger partial charge is 0.275 e. The number of unbranched alkanes of at least 4 members (excludes halogenated alkanes) is 2. The average molecular weight is 710 g/mol. The molecule has 0 aliphatic carbocycles. The third-order valence-electron chi connectivity index (χ3n) is 9.40. The van der Waals surface area contributed by atoms with Crippen LogP contribution < -0.4 is 5.32 Å². The second-order valence-corrected chi connectivity index (χ2v) is 13.5. The number of halogens is 1. The van der Waals surface area contributed by atoms with Crippen molar-refractivity contribution in [2.75, 3.05) is 25.0 Å². The minimum Gasteiger partial charge on any atom is -0.396 e. The molecule has 12 heteroatoms. The first-order valence-corrected chi connectivity index (χ1v) is 18.0. The lowest BCUT2D eigenvalue weighted by Crippen LogP contribution is -2.45. The van der Waals surface area contributed by atoms with Crippen LogP contribution in [0.4, 0.5) is 5.69 Å². The van der Waals surface area contributed by atoms with Gasteiger partial charge in [0.1, 0.15) is 11.3 Å². The van der Waals surface area contributed by atoms with Gasteiger partial charge in [-0.2, -0.15) is 5.10 Å². The highest BCUT2D eigenvalue weighted by atomic mass is 35.5. The fourth-order valence-electron chi connectivity index (χ4n) is 6.62. The number of carbonyl (C=O) groups is 3. The monoisotopic (exact) mass is 709 g/mol. The number of nitrogens with zero attached hydrogens (tertiary/aromatic N) is 6. The Morgan fingerprint density at radius 1 is 0.961 bits per heavy atom. The average Bonchev–Trinajstić information content (AvgIpc) is 3.74. The van der Waals surface area contributed by atoms with Gasteiger partial charge in [-0.3, -0.25) is 14.4 Å². The first-order valence-electron chi connectivity index (χ1n) is 17.6. The van der Waals surface area contributed by atoms with Gasteiger partial charge in [0, 0.05) is 56.1 Å². The van der Waals surface area contributed by atoms with Crippen LogP contribution in [0.2, 0.25) is 5.02 Å². The van der Waals surface area contributed by atoms with Crippen molar-refractivity contribution in [3.8, 4) is 5.69 Å². The van der Waals surface area contributed by atoms with E-state index in [1.807, 2.05) is 30.0 Å². The third kappa shape index (κ3) is 7.84. The van der Waals surface area contributed by atoms with Crippen LogP contribution in [0.5, 0.6) is 0 Å². The molecule has 3 aromatic heterocycles. The molecule has 2 N–H and O–H groups in total. The number of aliphatic hydroxyl groups excluding tert-OH is 1. The van der Waals surface area contributed by atoms with Gasteiger partial charge in [-0.05, 0) is 80.1 Å². The molecule has 266 valence electrons. The summed E-state index contributed by atoms with van der Waals surface area (Å²) in [6.07, 6.45) is 8.03. The van der Waals surface area contributed by atoms with Gasteiger partial charge in [-0.15, -0.1) is 0 Å². The standard InChI is InChI=1S/C39H44ClN7O4/c1-4-6-17-44(18-7-5-2)39(51)33-20-26(3)47(43-33)35-14-13-30(41-37(49)34-25-45-24-29(40)12-15-36(45)42-34)22-32(35)38(50)46-23-28-11-9-8-10-27(28)21-31(46)16-19-48/h8-15,20,22,24-25,31,48H,4-7,16-19,21,23H2,1-3H3,(H,41,49). The van der Waals surface area contributed by atoms with Crippen LogP contribution in [-0.2, 0) is 13.0 Å². The van der Waals surface area contributed by atoms with E-state index in [2.05, 4.69) is 30.2 Å². The molecule has 0 fully saturated rings. The van der Waals surface area contributed by atoms with E-state index >= 15 is 0 Å². The van der Waals surface area contributed by atoms with E-state index in [9.17, 15) is 19.5 Å². The summed E-state index contributed by atoms with van der Waals surface area (Å²) >= 11 is 6.13. The number of aromatic nitrogens is 4. The molecule has 2 aromatic carbocycles. The Balaban J connectivity index is 1.38. The molecule has 0 saturated carbocycles. The maximum atomic E-state index is 14.7. The lowest BCUT2D eigenvalue weighted by Gasteiger charge is -2.37. The number of fused-ring (bicyclic) bond motifs is 2. The number of carbonyl (C=O) groups excluding carboxylic acids is 3. The van der Waals surface area contributed by atoms with E-state index in [1.54, 1.807) is 62.8 Å². The van der Waals surface area contributed by atoms with Gasteiger partial charge in [0.2, 0.25) is 0 Å². The number of aryl methyl sites for hydroxylation is 1. The van der Waals surface area contributed by atoms with E-state index in [4.69, 9.17) is 16.7 Å². The maximum Gasteiger partial charge on any atom is 0.275 e. The van der Waals surface area contributed by atoms with Gasteiger partial charge < -0.3 is 24.6 Å². The summed E-state index contributed by atoms with van der Waals surface area (Å²) in [5, 5.41) is 18.2. The van der Waals surface area contributed by atoms with Crippen LogP contribution in [0.15, 0.2) is 73.1 Å². The van der Waals surface area contributed by atoms with Crippen molar-refractivity contribution in [2.24, 2.45) is 0 Å². The van der Waals surface area contributed by atoms with Crippen LogP contribution >= 0.6 is 11.6 Å². The SMILES string of the molecule is CCCCN(CCCC)C(=O)c1cc(C)n(-c2ccc(NC(=O)c3cn4cc(Cl)ccc4n3)cc2C(=O)N2Cc3ccccc3CC2CCO)n1. The fourth-order valence-corrected chi connectivity index (χ4v) is 6.79. The predicted octanol–water partition coefficient (Wildman–Crippen LogP) is 6.73. The number of hydrogen-bond acceptors (Lipinski definition) is 6. The van der Waals surface area contributed by atoms with Crippen molar-refractivity contribution in [1.82, 2.24) is 29.0 Å². The highest BCUT2D eigenvalue weighted by molar-refractivity contribution is 6.30. The predicted molar refractivity (Wildman–Crippen MR) is 198 cm³/mol. The van der Waals surface area contributed by atoms with Crippen LogP contribution in [0, 0.1) is 6.92 Å². The van der Waals surface area contributed by atoms with Crippen LogP contribution in [0.25, 0.3) is 11.3 Å². The molecule has 11 nitrogen and oxygen atoms in total. The van der Waals surface area contributed by atoms with Gasteiger partial charge in [-0.25, -0.2) is 9.67 Å². The zero-order valence-corrected chi connectivity index (χ0v) is 30.1. The third-order valence-corrected chi connectivity index (χ3v) is 9.62. The summed E-state index contributed by atoms with van der Waals surface area (Å²) in [5.74, 6) is -0.861. The summed E-state index contributed by atoms with van der Waals surface area (Å²) in [5.41, 5.74) is 5.12. The summed E-state index contributed by atoms with van der Waals surface area (Å²) in [6.45, 7) is 7.67. The highest BCUT2D eigenvalue weighted by Crippen LogP contribution is 2.30. The highest BCUT2D eigenvalue weighted by Gasteiger charge is 2.32. The molecule has 0 radical (unpaired) electrons. The summed E-state index contributed by atoms with van der Waals surface area (Å²) < 4.78 is 3.31. The van der Waals surface area contributed by atoms with E-state index in [-0.39, 0.29) is 30.2 Å². The number of pyridine rings is 1. The van der Waals surface area contributed by atoms with Crippen LogP contribution in [0.1, 0.15) is 94.1 Å². The van der Waals surface area contributed by atoms with E-state index in [0.717, 1.165) is 36.8 Å². The van der Waals surface area contributed by atoms with Crippen molar-refractivity contribution in [1.29, 1.82) is 0 Å². The van der Waals surface area contributed by atoms with Crippen molar-refractivity contribution >= 4 is 40.7 Å². The molecule has 1 aliphatic rings. The van der Waals surface area contributed by atoms with Crippen LogP contribution in [-0.4, -0.2) is 77.5 Å². The normalized spacial score (nSPS) is 14.1. The van der Waals surface area contributed by atoms with Crippen molar-refractivity contribution in [2.45, 2.75) is 71.9 Å². The lowest BCUT2D eigenvalue weighted by atomic mass is 9.91. The van der Waals surface area contributed by atoms with E-state index < -0.39 is 5.91 Å². The number of aliphatic hydroxyl groups is 1. The van der Waals surface area contributed by atoms with Gasteiger partial charge in [0.25, 0.3) is 17.7 Å². The van der Waals surface area contributed by atoms with Gasteiger partial charge in [0.05, 0.1) is 16.3 Å². The molecule has 6 rings (SSSR count). The van der Waals surface area contributed by atoms with Gasteiger partial charge in [0.15, 0.2) is 5.69 Å². The molecular formula is C39H44ClN7O4. The number of rotatable bonds is 13. The van der Waals surface area contributed by atoms with E-state index in [0.29, 0.717) is 71.5 Å². The molecule has 0 spiro atoms. The Morgan fingerprint density at radius 2 is 1.71 bits per heavy atom. The molecule has 0 saturated heterocycles. The maximum absolute atomic E-state index is 14.7. The number of anilines is 1. The quantitative estimate of drug-likeness (QED) is 0.140. The summed E-state index contributed by atoms with van der Waals surface area (Å²) in [6, 6.07) is 18.1. The Morgan fingerprint density at radius 3 is 2.43 bits per heavy atom. The fraction of sp³-hybridized carbons (Fsp3) is 0.359. The Bertz CT molecular complexity index is 2050. The number of amides is 3. The second kappa shape index (κ2) is 15.9. The second-order valence-electron chi connectivity index (χ2n) is 13.1. The van der Waals surface area contributed by atoms with Gasteiger partial charge in [-0.1, -0.05) is 62.6 Å². The molecule has 1 atom stereocenters. The largest absolute Gasteiger partial charge is 0.396 e. The Kier molecular flexibility index (Phi) is 11.2. The minimum absolute atomic E-state index is 0.0694. The van der Waals surface area contributed by atoms with Crippen molar-refractivity contribution in [3.05, 3.63) is 112 Å². The zero-order chi connectivity index (χ0) is 36.1. The molecule has 3 amide bonds. The molecule has 51 heavy (non-hydrogen) atoms. The molecule has 1 aliphatic heterocycles. The molecular weight excluding hydrogens is 666 g/mol. The van der Waals surface area contributed by atoms with E-state index in [1.165, 1.54) is 0 Å². The zero-order valence-electron chi connectivity index (χ0n) is 29.3. The minimum atomic E-state index is -0.451. The molecule has 4 heterocycles. The first kappa shape index (κ1) is 35.8. The molecule has 1 unspecified atom stereocenters. The molecule has 5 aromatic rings. The van der Waals surface area contributed by atoms with Crippen molar-refractivity contribution < 1.29 is 19.5 Å². The van der Waals surface area contributed by atoms with Crippen molar-refractivity contribution in [3.63, 3.8) is 0 Å². The Hall–Kier alpha value is -5.00. The first-order chi connectivity index (χ1) is 24.7. The number of benzene rings is 2. The number of hydrogen-bond donors (Lipinski definition) is 2. The number of imidazole rings is 1. The number of nitrogens with one attached hydrogen (secondary N) is 1. The van der Waals surface area contributed by atoms with Crippen LogP contribution in [0.3, 0.4) is 0 Å². The molecule has 0 bridgehead atoms. The summed E-state index contributed by atoms with van der Waals surface area (Å²) in [7, 11) is 0. The lowest BCUT2D eigenvalue weighted by molar-refractivity contribution is 0.0605. The summed E-state index contributed by atoms with van der Waals surface area (Å²) in [4.78, 5) is 50.0. The topological polar surface area (TPSA) is 125 Å². The Labute approximate surface area is 302 Å². The van der Waals surface area contributed by atoms with Gasteiger partial charge >= 0.3 is 0 Å².